The van der Waals surface area contributed by atoms with Crippen LogP contribution in [0.3, 0.4) is 0 Å². The smallest absolute Gasteiger partial charge is 0.208 e. The average molecular weight is 195 g/mol. The van der Waals surface area contributed by atoms with E-state index in [1.54, 1.807) is 0 Å². The van der Waals surface area contributed by atoms with Gasteiger partial charge in [0.05, 0.1) is 12.9 Å². The van der Waals surface area contributed by atoms with Crippen LogP contribution in [-0.2, 0) is 14.8 Å². The molecule has 0 aliphatic heterocycles. The molecule has 0 bridgehead atoms. The SMILES string of the molecule is CCCCOCCNS(C)(=O)=O. The number of hydrogen-bond donors (Lipinski definition) is 1. The summed E-state index contributed by atoms with van der Waals surface area (Å²) in [6.45, 7) is 3.61. The molecule has 0 amide bonds. The molecule has 0 aliphatic rings. The van der Waals surface area contributed by atoms with Crippen molar-refractivity contribution in [3.63, 3.8) is 0 Å². The lowest BCUT2D eigenvalue weighted by Crippen LogP contribution is -2.26. The molecule has 74 valence electrons. The molecular weight excluding hydrogens is 178 g/mol. The predicted molar refractivity (Wildman–Crippen MR) is 48.6 cm³/mol. The summed E-state index contributed by atoms with van der Waals surface area (Å²) in [5.74, 6) is 0. The number of unbranched alkanes of at least 4 members (excludes halogenated alkanes) is 1. The van der Waals surface area contributed by atoms with E-state index in [4.69, 9.17) is 4.74 Å². The van der Waals surface area contributed by atoms with E-state index in [1.165, 1.54) is 0 Å². The highest BCUT2D eigenvalue weighted by molar-refractivity contribution is 7.88. The Balaban J connectivity index is 3.12. The summed E-state index contributed by atoms with van der Waals surface area (Å²) in [7, 11) is -3.05. The van der Waals surface area contributed by atoms with Gasteiger partial charge in [0.15, 0.2) is 0 Å². The van der Waals surface area contributed by atoms with E-state index in [0.717, 1.165) is 19.1 Å². The zero-order valence-corrected chi connectivity index (χ0v) is 8.49. The molecule has 0 radical (unpaired) electrons. The van der Waals surface area contributed by atoms with Gasteiger partial charge >= 0.3 is 0 Å². The lowest BCUT2D eigenvalue weighted by atomic mass is 10.4. The van der Waals surface area contributed by atoms with Crippen LogP contribution in [-0.4, -0.2) is 34.4 Å². The average Bonchev–Trinajstić information content (AvgIpc) is 1.94. The first-order valence-corrected chi connectivity index (χ1v) is 5.98. The van der Waals surface area contributed by atoms with Crippen molar-refractivity contribution in [1.29, 1.82) is 0 Å². The second-order valence-corrected chi connectivity index (χ2v) is 4.47. The lowest BCUT2D eigenvalue weighted by Gasteiger charge is -2.03. The van der Waals surface area contributed by atoms with Crippen LogP contribution in [0.25, 0.3) is 0 Å². The summed E-state index contributed by atoms with van der Waals surface area (Å²) in [5, 5.41) is 0. The van der Waals surface area contributed by atoms with Crippen LogP contribution < -0.4 is 4.72 Å². The molecule has 4 nitrogen and oxygen atoms in total. The molecule has 0 unspecified atom stereocenters. The van der Waals surface area contributed by atoms with Crippen LogP contribution in [0.1, 0.15) is 19.8 Å². The van der Waals surface area contributed by atoms with Crippen molar-refractivity contribution < 1.29 is 13.2 Å². The molecule has 0 heterocycles. The topological polar surface area (TPSA) is 55.4 Å². The Morgan fingerprint density at radius 3 is 2.50 bits per heavy atom. The molecule has 0 saturated carbocycles. The Kier molecular flexibility index (Phi) is 6.32. The van der Waals surface area contributed by atoms with Gasteiger partial charge in [-0.2, -0.15) is 0 Å². The van der Waals surface area contributed by atoms with Gasteiger partial charge in [-0.05, 0) is 6.42 Å². The number of hydrogen-bond acceptors (Lipinski definition) is 3. The zero-order valence-electron chi connectivity index (χ0n) is 7.67. The maximum absolute atomic E-state index is 10.6. The maximum Gasteiger partial charge on any atom is 0.208 e. The Hall–Kier alpha value is -0.130. The van der Waals surface area contributed by atoms with Gasteiger partial charge in [0.25, 0.3) is 0 Å². The minimum absolute atomic E-state index is 0.364. The highest BCUT2D eigenvalue weighted by atomic mass is 32.2. The monoisotopic (exact) mass is 195 g/mol. The molecule has 0 aliphatic carbocycles. The normalized spacial score (nSPS) is 11.8. The molecule has 0 rings (SSSR count). The van der Waals surface area contributed by atoms with E-state index in [-0.39, 0.29) is 0 Å². The van der Waals surface area contributed by atoms with E-state index in [1.807, 2.05) is 0 Å². The highest BCUT2D eigenvalue weighted by Gasteiger charge is 1.97. The van der Waals surface area contributed by atoms with Crippen molar-refractivity contribution in [3.8, 4) is 0 Å². The third-order valence-corrected chi connectivity index (χ3v) is 1.98. The molecule has 12 heavy (non-hydrogen) atoms. The number of sulfonamides is 1. The molecule has 1 N–H and O–H groups in total. The third kappa shape index (κ3) is 9.87. The molecule has 5 heteroatoms. The molecular formula is C7H17NO3S. The first-order valence-electron chi connectivity index (χ1n) is 4.08. The molecule has 0 saturated heterocycles. The first-order chi connectivity index (χ1) is 5.56. The number of rotatable bonds is 7. The van der Waals surface area contributed by atoms with Gasteiger partial charge in [-0.15, -0.1) is 0 Å². The fraction of sp³-hybridized carbons (Fsp3) is 1.00. The quantitative estimate of drug-likeness (QED) is 0.596. The van der Waals surface area contributed by atoms with Crippen molar-refractivity contribution >= 4 is 10.0 Å². The summed E-state index contributed by atoms with van der Waals surface area (Å²) in [6.07, 6.45) is 3.26. The van der Waals surface area contributed by atoms with Gasteiger partial charge in [0.1, 0.15) is 0 Å². The largest absolute Gasteiger partial charge is 0.380 e. The van der Waals surface area contributed by atoms with Crippen molar-refractivity contribution in [3.05, 3.63) is 0 Å². The lowest BCUT2D eigenvalue weighted by molar-refractivity contribution is 0.136. The Bertz CT molecular complexity index is 189. The summed E-state index contributed by atoms with van der Waals surface area (Å²) >= 11 is 0. The summed E-state index contributed by atoms with van der Waals surface area (Å²) in [5.41, 5.74) is 0. The standard InChI is InChI=1S/C7H17NO3S/c1-3-4-6-11-7-5-8-12(2,9)10/h8H,3-7H2,1-2H3. The fourth-order valence-electron chi connectivity index (χ4n) is 0.648. The van der Waals surface area contributed by atoms with Crippen molar-refractivity contribution in [1.82, 2.24) is 4.72 Å². The van der Waals surface area contributed by atoms with Crippen LogP contribution >= 0.6 is 0 Å². The molecule has 0 aromatic heterocycles. The van der Waals surface area contributed by atoms with E-state index >= 15 is 0 Å². The Morgan fingerprint density at radius 1 is 1.33 bits per heavy atom. The molecule has 0 fully saturated rings. The van der Waals surface area contributed by atoms with Gasteiger partial charge in [-0.1, -0.05) is 13.3 Å². The van der Waals surface area contributed by atoms with Crippen molar-refractivity contribution in [2.75, 3.05) is 26.0 Å². The van der Waals surface area contributed by atoms with E-state index in [2.05, 4.69) is 11.6 Å². The first kappa shape index (κ1) is 11.9. The minimum Gasteiger partial charge on any atom is -0.380 e. The van der Waals surface area contributed by atoms with Gasteiger partial charge in [0.2, 0.25) is 10.0 Å². The maximum atomic E-state index is 10.6. The predicted octanol–water partition coefficient (Wildman–Crippen LogP) is 0.352. The van der Waals surface area contributed by atoms with Gasteiger partial charge in [-0.25, -0.2) is 13.1 Å². The minimum atomic E-state index is -3.05. The summed E-state index contributed by atoms with van der Waals surface area (Å²) in [6, 6.07) is 0. The highest BCUT2D eigenvalue weighted by Crippen LogP contribution is 1.86. The fourth-order valence-corrected chi connectivity index (χ4v) is 1.10. The van der Waals surface area contributed by atoms with Crippen LogP contribution in [0.2, 0.25) is 0 Å². The van der Waals surface area contributed by atoms with Crippen LogP contribution in [0.4, 0.5) is 0 Å². The van der Waals surface area contributed by atoms with Gasteiger partial charge < -0.3 is 4.74 Å². The van der Waals surface area contributed by atoms with Crippen LogP contribution in [0.15, 0.2) is 0 Å². The molecule has 0 atom stereocenters. The second kappa shape index (κ2) is 6.39. The summed E-state index contributed by atoms with van der Waals surface area (Å²) < 4.78 is 28.6. The number of ether oxygens (including phenoxy) is 1. The van der Waals surface area contributed by atoms with Crippen LogP contribution in [0, 0.1) is 0 Å². The molecule has 0 aromatic rings. The van der Waals surface area contributed by atoms with Gasteiger partial charge in [-0.3, -0.25) is 0 Å². The van der Waals surface area contributed by atoms with Crippen molar-refractivity contribution in [2.45, 2.75) is 19.8 Å². The van der Waals surface area contributed by atoms with Crippen molar-refractivity contribution in [2.24, 2.45) is 0 Å². The number of nitrogens with one attached hydrogen (secondary N) is 1. The van der Waals surface area contributed by atoms with E-state index < -0.39 is 10.0 Å². The Morgan fingerprint density at radius 2 is 2.00 bits per heavy atom. The van der Waals surface area contributed by atoms with Crippen LogP contribution in [0.5, 0.6) is 0 Å². The molecule has 0 aromatic carbocycles. The van der Waals surface area contributed by atoms with E-state index in [0.29, 0.717) is 19.8 Å². The van der Waals surface area contributed by atoms with Gasteiger partial charge in [0, 0.05) is 13.2 Å². The zero-order chi connectivity index (χ0) is 9.45. The second-order valence-electron chi connectivity index (χ2n) is 2.63. The van der Waals surface area contributed by atoms with E-state index in [9.17, 15) is 8.42 Å². The molecule has 0 spiro atoms. The summed E-state index contributed by atoms with van der Waals surface area (Å²) in [4.78, 5) is 0. The third-order valence-electron chi connectivity index (χ3n) is 1.25. The Labute approximate surface area is 74.4 Å².